The summed E-state index contributed by atoms with van der Waals surface area (Å²) < 4.78 is 27.0. The zero-order valence-corrected chi connectivity index (χ0v) is 11.9. The minimum absolute atomic E-state index is 0.192. The van der Waals surface area contributed by atoms with Crippen molar-refractivity contribution < 1.29 is 8.78 Å². The van der Waals surface area contributed by atoms with E-state index in [0.717, 1.165) is 25.3 Å². The summed E-state index contributed by atoms with van der Waals surface area (Å²) in [5.41, 5.74) is 9.30. The average molecular weight is 287 g/mol. The summed E-state index contributed by atoms with van der Waals surface area (Å²) in [5.74, 6) is -0.573. The van der Waals surface area contributed by atoms with E-state index in [4.69, 9.17) is 5.73 Å². The number of rotatable bonds is 3. The molecule has 0 amide bonds. The van der Waals surface area contributed by atoms with Crippen LogP contribution in [0.25, 0.3) is 0 Å². The number of fused-ring (bicyclic) bond motifs is 1. The Kier molecular flexibility index (Phi) is 4.02. The third-order valence-electron chi connectivity index (χ3n) is 4.40. The van der Waals surface area contributed by atoms with Crippen LogP contribution in [-0.2, 0) is 12.8 Å². The van der Waals surface area contributed by atoms with Crippen LogP contribution in [0.1, 0.15) is 35.4 Å². The Morgan fingerprint density at radius 2 is 1.95 bits per heavy atom. The van der Waals surface area contributed by atoms with Crippen LogP contribution in [0, 0.1) is 11.6 Å². The molecule has 0 spiro atoms. The van der Waals surface area contributed by atoms with Gasteiger partial charge in [0, 0.05) is 6.04 Å². The fourth-order valence-electron chi connectivity index (χ4n) is 3.33. The molecule has 3 rings (SSSR count). The van der Waals surface area contributed by atoms with Gasteiger partial charge in [-0.25, -0.2) is 8.78 Å². The molecule has 0 heterocycles. The number of halogens is 2. The van der Waals surface area contributed by atoms with Gasteiger partial charge in [-0.3, -0.25) is 0 Å². The Bertz CT molecular complexity index is 639. The van der Waals surface area contributed by atoms with Crippen LogP contribution < -0.4 is 5.73 Å². The normalized spacial score (nSPS) is 19.1. The molecule has 2 atom stereocenters. The van der Waals surface area contributed by atoms with Gasteiger partial charge in [-0.15, -0.1) is 0 Å². The molecule has 0 aromatic heterocycles. The van der Waals surface area contributed by atoms with E-state index in [9.17, 15) is 8.78 Å². The summed E-state index contributed by atoms with van der Waals surface area (Å²) in [7, 11) is 0. The Morgan fingerprint density at radius 1 is 1.14 bits per heavy atom. The number of hydrogen-bond donors (Lipinski definition) is 1. The van der Waals surface area contributed by atoms with E-state index < -0.39 is 5.82 Å². The van der Waals surface area contributed by atoms with Crippen molar-refractivity contribution in [3.63, 3.8) is 0 Å². The number of aryl methyl sites for hydroxylation is 1. The highest BCUT2D eigenvalue weighted by Crippen LogP contribution is 2.34. The topological polar surface area (TPSA) is 26.0 Å². The molecule has 2 N–H and O–H groups in total. The van der Waals surface area contributed by atoms with Crippen molar-refractivity contribution in [3.8, 4) is 0 Å². The lowest BCUT2D eigenvalue weighted by Gasteiger charge is -2.30. The Morgan fingerprint density at radius 3 is 2.81 bits per heavy atom. The summed E-state index contributed by atoms with van der Waals surface area (Å²) >= 11 is 0. The molecule has 2 aromatic carbocycles. The molecular formula is C18H19F2N. The molecule has 1 aliphatic rings. The first-order valence-electron chi connectivity index (χ1n) is 7.42. The van der Waals surface area contributed by atoms with Gasteiger partial charge in [0.05, 0.1) is 0 Å². The lowest BCUT2D eigenvalue weighted by molar-refractivity contribution is 0.452. The fourth-order valence-corrected chi connectivity index (χ4v) is 3.33. The van der Waals surface area contributed by atoms with Crippen LogP contribution >= 0.6 is 0 Å². The van der Waals surface area contributed by atoms with Crippen LogP contribution in [0.4, 0.5) is 8.78 Å². The Hall–Kier alpha value is -1.74. The van der Waals surface area contributed by atoms with Crippen LogP contribution in [0.2, 0.25) is 0 Å². The van der Waals surface area contributed by atoms with E-state index in [0.29, 0.717) is 12.0 Å². The Balaban J connectivity index is 1.83. The highest BCUT2D eigenvalue weighted by atomic mass is 19.1. The van der Waals surface area contributed by atoms with Gasteiger partial charge in [0.25, 0.3) is 0 Å². The molecule has 2 unspecified atom stereocenters. The molecule has 110 valence electrons. The van der Waals surface area contributed by atoms with Crippen molar-refractivity contribution in [2.75, 3.05) is 0 Å². The lowest BCUT2D eigenvalue weighted by atomic mass is 9.77. The van der Waals surface area contributed by atoms with Gasteiger partial charge in [-0.2, -0.15) is 0 Å². The molecule has 1 nitrogen and oxygen atoms in total. The molecule has 0 bridgehead atoms. The first kappa shape index (κ1) is 14.2. The minimum Gasteiger partial charge on any atom is -0.327 e. The molecule has 21 heavy (non-hydrogen) atoms. The first-order chi connectivity index (χ1) is 10.1. The van der Waals surface area contributed by atoms with E-state index in [-0.39, 0.29) is 17.8 Å². The van der Waals surface area contributed by atoms with Crippen LogP contribution in [-0.4, -0.2) is 6.04 Å². The first-order valence-corrected chi connectivity index (χ1v) is 7.42. The standard InChI is InChI=1S/C18H19F2N/c19-14-8-9-17(20)13(10-14)11-18(21)16-7-3-5-12-4-1-2-6-15(12)16/h1-2,4,6,8-10,16,18H,3,5,7,11,21H2. The van der Waals surface area contributed by atoms with Gasteiger partial charge in [0.2, 0.25) is 0 Å². The number of hydrogen-bond acceptors (Lipinski definition) is 1. The van der Waals surface area contributed by atoms with Crippen molar-refractivity contribution in [2.45, 2.75) is 37.6 Å². The zero-order chi connectivity index (χ0) is 14.8. The summed E-state index contributed by atoms with van der Waals surface area (Å²) in [4.78, 5) is 0. The molecule has 0 fully saturated rings. The van der Waals surface area contributed by atoms with Crippen molar-refractivity contribution >= 4 is 0 Å². The molecule has 0 saturated carbocycles. The molecule has 1 aliphatic carbocycles. The van der Waals surface area contributed by atoms with E-state index >= 15 is 0 Å². The Labute approximate surface area is 123 Å². The number of nitrogens with two attached hydrogens (primary N) is 1. The maximum absolute atomic E-state index is 13.8. The quantitative estimate of drug-likeness (QED) is 0.908. The smallest absolute Gasteiger partial charge is 0.126 e. The third kappa shape index (κ3) is 2.98. The van der Waals surface area contributed by atoms with Crippen LogP contribution in [0.5, 0.6) is 0 Å². The van der Waals surface area contributed by atoms with Crippen molar-refractivity contribution in [1.82, 2.24) is 0 Å². The maximum atomic E-state index is 13.8. The predicted octanol–water partition coefficient (Wildman–Crippen LogP) is 3.95. The van der Waals surface area contributed by atoms with Crippen molar-refractivity contribution in [1.29, 1.82) is 0 Å². The predicted molar refractivity (Wildman–Crippen MR) is 80.2 cm³/mol. The van der Waals surface area contributed by atoms with Gasteiger partial charge in [-0.05, 0) is 66.5 Å². The monoisotopic (exact) mass is 287 g/mol. The summed E-state index contributed by atoms with van der Waals surface area (Å²) in [6.07, 6.45) is 3.55. The molecular weight excluding hydrogens is 268 g/mol. The van der Waals surface area contributed by atoms with Gasteiger partial charge in [0.1, 0.15) is 11.6 Å². The second kappa shape index (κ2) is 5.94. The molecule has 0 radical (unpaired) electrons. The van der Waals surface area contributed by atoms with Gasteiger partial charge in [-0.1, -0.05) is 24.3 Å². The van der Waals surface area contributed by atoms with Crippen molar-refractivity contribution in [2.24, 2.45) is 5.73 Å². The summed E-state index contributed by atoms with van der Waals surface area (Å²) in [6.45, 7) is 0. The highest BCUT2D eigenvalue weighted by molar-refractivity contribution is 5.34. The maximum Gasteiger partial charge on any atom is 0.126 e. The molecule has 3 heteroatoms. The third-order valence-corrected chi connectivity index (χ3v) is 4.40. The van der Waals surface area contributed by atoms with E-state index in [1.807, 2.05) is 12.1 Å². The molecule has 0 saturated heterocycles. The van der Waals surface area contributed by atoms with Gasteiger partial charge < -0.3 is 5.73 Å². The van der Waals surface area contributed by atoms with Crippen LogP contribution in [0.15, 0.2) is 42.5 Å². The van der Waals surface area contributed by atoms with Gasteiger partial charge >= 0.3 is 0 Å². The van der Waals surface area contributed by atoms with Gasteiger partial charge in [0.15, 0.2) is 0 Å². The fraction of sp³-hybridized carbons (Fsp3) is 0.333. The summed E-state index contributed by atoms with van der Waals surface area (Å²) in [6, 6.07) is 11.7. The van der Waals surface area contributed by atoms with Crippen LogP contribution in [0.3, 0.4) is 0 Å². The second-order valence-electron chi connectivity index (χ2n) is 5.80. The largest absolute Gasteiger partial charge is 0.327 e. The molecule has 0 aliphatic heterocycles. The van der Waals surface area contributed by atoms with E-state index in [2.05, 4.69) is 12.1 Å². The summed E-state index contributed by atoms with van der Waals surface area (Å²) in [5, 5.41) is 0. The minimum atomic E-state index is -0.414. The average Bonchev–Trinajstić information content (AvgIpc) is 2.50. The highest BCUT2D eigenvalue weighted by Gasteiger charge is 2.26. The molecule has 2 aromatic rings. The zero-order valence-electron chi connectivity index (χ0n) is 11.9. The SMILES string of the molecule is NC(Cc1cc(F)ccc1F)C1CCCc2ccccc21. The lowest BCUT2D eigenvalue weighted by Crippen LogP contribution is -2.33. The van der Waals surface area contributed by atoms with E-state index in [1.54, 1.807) is 0 Å². The second-order valence-corrected chi connectivity index (χ2v) is 5.80. The van der Waals surface area contributed by atoms with Crippen molar-refractivity contribution in [3.05, 3.63) is 70.8 Å². The number of benzene rings is 2. The van der Waals surface area contributed by atoms with E-state index in [1.165, 1.54) is 23.3 Å².